The molecule has 1 aliphatic rings. The van der Waals surface area contributed by atoms with Gasteiger partial charge in [-0.3, -0.25) is 0 Å². The van der Waals surface area contributed by atoms with Crippen LogP contribution in [0.3, 0.4) is 0 Å². The smallest absolute Gasteiger partial charge is 0.317 e. The van der Waals surface area contributed by atoms with Crippen molar-refractivity contribution in [3.63, 3.8) is 0 Å². The number of hydrogen-bond donors (Lipinski definition) is 1. The molecule has 2 heterocycles. The molecule has 2 aromatic rings. The number of pyridine rings is 1. The van der Waals surface area contributed by atoms with Gasteiger partial charge in [0.05, 0.1) is 18.1 Å². The summed E-state index contributed by atoms with van der Waals surface area (Å²) in [5.74, 6) is 0.535. The van der Waals surface area contributed by atoms with E-state index in [9.17, 15) is 4.79 Å². The second kappa shape index (κ2) is 8.02. The van der Waals surface area contributed by atoms with Crippen LogP contribution in [0.4, 0.5) is 4.79 Å². The van der Waals surface area contributed by atoms with Crippen LogP contribution in [0.15, 0.2) is 48.7 Å². The molecule has 0 spiro atoms. The van der Waals surface area contributed by atoms with E-state index in [2.05, 4.69) is 22.4 Å². The second-order valence-electron chi connectivity index (χ2n) is 5.78. The highest BCUT2D eigenvalue weighted by molar-refractivity contribution is 6.30. The Hall–Kier alpha value is -2.27. The van der Waals surface area contributed by atoms with Gasteiger partial charge < -0.3 is 15.0 Å². The Balaban J connectivity index is 1.31. The minimum Gasteiger partial charge on any atom is -0.471 e. The van der Waals surface area contributed by atoms with Crippen molar-refractivity contribution in [3.8, 4) is 5.88 Å². The normalized spacial score (nSPS) is 14.1. The van der Waals surface area contributed by atoms with Crippen LogP contribution in [0.25, 0.3) is 0 Å². The zero-order valence-electron chi connectivity index (χ0n) is 13.3. The highest BCUT2D eigenvalue weighted by Gasteiger charge is 2.32. The molecule has 1 fully saturated rings. The third-order valence-corrected chi connectivity index (χ3v) is 4.11. The Labute approximate surface area is 146 Å². The van der Waals surface area contributed by atoms with Crippen molar-refractivity contribution in [2.45, 2.75) is 18.9 Å². The van der Waals surface area contributed by atoms with Gasteiger partial charge in [-0.1, -0.05) is 41.9 Å². The third kappa shape index (κ3) is 4.61. The molecule has 0 aliphatic carbocycles. The van der Waals surface area contributed by atoms with Crippen LogP contribution in [0.1, 0.15) is 12.0 Å². The number of likely N-dealkylation sites (tertiary alicyclic amines) is 1. The molecule has 3 rings (SSSR count). The molecule has 5 nitrogen and oxygen atoms in total. The van der Waals surface area contributed by atoms with Gasteiger partial charge in [0.15, 0.2) is 0 Å². The van der Waals surface area contributed by atoms with Crippen LogP contribution in [0, 0.1) is 0 Å². The van der Waals surface area contributed by atoms with Crippen molar-refractivity contribution in [3.05, 3.63) is 59.2 Å². The number of aryl methyl sites for hydroxylation is 1. The maximum Gasteiger partial charge on any atom is 0.317 e. The molecule has 1 aliphatic heterocycles. The van der Waals surface area contributed by atoms with E-state index >= 15 is 0 Å². The van der Waals surface area contributed by atoms with E-state index in [0.717, 1.165) is 12.8 Å². The molecule has 2 amide bonds. The van der Waals surface area contributed by atoms with E-state index < -0.39 is 0 Å². The monoisotopic (exact) mass is 345 g/mol. The number of carbonyl (C=O) groups is 1. The quantitative estimate of drug-likeness (QED) is 0.818. The van der Waals surface area contributed by atoms with Crippen molar-refractivity contribution < 1.29 is 9.53 Å². The van der Waals surface area contributed by atoms with Crippen molar-refractivity contribution in [1.82, 2.24) is 15.2 Å². The molecule has 126 valence electrons. The standard InChI is InChI=1S/C18H20ClN3O2/c19-15-8-9-17(21-11-15)24-16-12-22(13-16)18(23)20-10-4-7-14-5-2-1-3-6-14/h1-3,5-6,8-9,11,16H,4,7,10,12-13H2,(H,20,23). The van der Waals surface area contributed by atoms with Gasteiger partial charge >= 0.3 is 6.03 Å². The number of amides is 2. The van der Waals surface area contributed by atoms with Crippen molar-refractivity contribution in [1.29, 1.82) is 0 Å². The predicted molar refractivity (Wildman–Crippen MR) is 93.4 cm³/mol. The first-order valence-corrected chi connectivity index (χ1v) is 8.43. The Morgan fingerprint density at radius 1 is 1.25 bits per heavy atom. The fourth-order valence-corrected chi connectivity index (χ4v) is 2.64. The summed E-state index contributed by atoms with van der Waals surface area (Å²) in [5.41, 5.74) is 1.29. The number of hydrogen-bond acceptors (Lipinski definition) is 3. The molecule has 0 unspecified atom stereocenters. The molecular formula is C18H20ClN3O2. The minimum atomic E-state index is -0.0352. The number of nitrogens with one attached hydrogen (secondary N) is 1. The maximum atomic E-state index is 12.0. The van der Waals surface area contributed by atoms with E-state index in [1.54, 1.807) is 23.2 Å². The lowest BCUT2D eigenvalue weighted by Crippen LogP contribution is -2.59. The van der Waals surface area contributed by atoms with Crippen molar-refractivity contribution in [2.24, 2.45) is 0 Å². The van der Waals surface area contributed by atoms with Gasteiger partial charge in [-0.25, -0.2) is 9.78 Å². The molecule has 1 aromatic carbocycles. The van der Waals surface area contributed by atoms with Gasteiger partial charge in [-0.2, -0.15) is 0 Å². The highest BCUT2D eigenvalue weighted by atomic mass is 35.5. The second-order valence-corrected chi connectivity index (χ2v) is 6.22. The molecule has 0 radical (unpaired) electrons. The van der Waals surface area contributed by atoms with Gasteiger partial charge in [0, 0.05) is 18.8 Å². The molecule has 1 N–H and O–H groups in total. The Bertz CT molecular complexity index is 658. The highest BCUT2D eigenvalue weighted by Crippen LogP contribution is 2.17. The van der Waals surface area contributed by atoms with Crippen molar-refractivity contribution >= 4 is 17.6 Å². The molecule has 1 saturated heterocycles. The Morgan fingerprint density at radius 2 is 2.04 bits per heavy atom. The topological polar surface area (TPSA) is 54.5 Å². The summed E-state index contributed by atoms with van der Waals surface area (Å²) in [7, 11) is 0. The third-order valence-electron chi connectivity index (χ3n) is 3.88. The number of nitrogens with zero attached hydrogens (tertiary/aromatic N) is 2. The lowest BCUT2D eigenvalue weighted by atomic mass is 10.1. The zero-order valence-corrected chi connectivity index (χ0v) is 14.1. The van der Waals surface area contributed by atoms with Crippen LogP contribution in [0.5, 0.6) is 5.88 Å². The van der Waals surface area contributed by atoms with Gasteiger partial charge in [0.25, 0.3) is 0 Å². The molecule has 0 saturated carbocycles. The number of halogens is 1. The summed E-state index contributed by atoms with van der Waals surface area (Å²) in [6, 6.07) is 13.7. The van der Waals surface area contributed by atoms with E-state index in [1.807, 2.05) is 18.2 Å². The minimum absolute atomic E-state index is 0.00579. The van der Waals surface area contributed by atoms with Crippen LogP contribution < -0.4 is 10.1 Å². The van der Waals surface area contributed by atoms with Gasteiger partial charge in [0.1, 0.15) is 6.10 Å². The van der Waals surface area contributed by atoms with E-state index in [-0.39, 0.29) is 12.1 Å². The van der Waals surface area contributed by atoms with E-state index in [1.165, 1.54) is 5.56 Å². The van der Waals surface area contributed by atoms with Gasteiger partial charge in [-0.05, 0) is 24.5 Å². The van der Waals surface area contributed by atoms with Crippen LogP contribution in [-0.4, -0.2) is 41.7 Å². The summed E-state index contributed by atoms with van der Waals surface area (Å²) in [6.07, 6.45) is 3.44. The maximum absolute atomic E-state index is 12.0. The number of urea groups is 1. The van der Waals surface area contributed by atoms with E-state index in [4.69, 9.17) is 16.3 Å². The fourth-order valence-electron chi connectivity index (χ4n) is 2.53. The number of carbonyl (C=O) groups excluding carboxylic acids is 1. The van der Waals surface area contributed by atoms with Gasteiger partial charge in [0.2, 0.25) is 5.88 Å². The summed E-state index contributed by atoms with van der Waals surface area (Å²) >= 11 is 5.78. The van der Waals surface area contributed by atoms with E-state index in [0.29, 0.717) is 30.5 Å². The Morgan fingerprint density at radius 3 is 2.75 bits per heavy atom. The summed E-state index contributed by atoms with van der Waals surface area (Å²) in [6.45, 7) is 1.83. The average molecular weight is 346 g/mol. The SMILES string of the molecule is O=C(NCCCc1ccccc1)N1CC(Oc2ccc(Cl)cn2)C1. The number of rotatable bonds is 6. The average Bonchev–Trinajstić information content (AvgIpc) is 2.57. The Kier molecular flexibility index (Phi) is 5.54. The molecule has 1 aromatic heterocycles. The van der Waals surface area contributed by atoms with Crippen molar-refractivity contribution in [2.75, 3.05) is 19.6 Å². The molecule has 0 atom stereocenters. The van der Waals surface area contributed by atoms with Gasteiger partial charge in [-0.15, -0.1) is 0 Å². The first kappa shape index (κ1) is 16.6. The first-order valence-electron chi connectivity index (χ1n) is 8.05. The predicted octanol–water partition coefficient (Wildman–Crippen LogP) is 3.14. The largest absolute Gasteiger partial charge is 0.471 e. The molecule has 6 heteroatoms. The summed E-state index contributed by atoms with van der Waals surface area (Å²) in [5, 5.41) is 3.52. The lowest BCUT2D eigenvalue weighted by Gasteiger charge is -2.38. The van der Waals surface area contributed by atoms with Crippen LogP contribution >= 0.6 is 11.6 Å². The fraction of sp³-hybridized carbons (Fsp3) is 0.333. The lowest BCUT2D eigenvalue weighted by molar-refractivity contribution is 0.0414. The van der Waals surface area contributed by atoms with Crippen LogP contribution in [-0.2, 0) is 6.42 Å². The number of aromatic nitrogens is 1. The zero-order chi connectivity index (χ0) is 16.8. The molecular weight excluding hydrogens is 326 g/mol. The number of benzene rings is 1. The molecule has 0 bridgehead atoms. The van der Waals surface area contributed by atoms with Crippen LogP contribution in [0.2, 0.25) is 5.02 Å². The first-order chi connectivity index (χ1) is 11.7. The number of ether oxygens (including phenoxy) is 1. The summed E-state index contributed by atoms with van der Waals surface area (Å²) in [4.78, 5) is 17.8. The molecule has 24 heavy (non-hydrogen) atoms. The summed E-state index contributed by atoms with van der Waals surface area (Å²) < 4.78 is 5.68.